The second kappa shape index (κ2) is 9.47. The van der Waals surface area contributed by atoms with E-state index in [9.17, 15) is 4.79 Å². The van der Waals surface area contributed by atoms with Gasteiger partial charge in [-0.2, -0.15) is 0 Å². The minimum Gasteiger partial charge on any atom is -0.490 e. The molecule has 0 bridgehead atoms. The van der Waals surface area contributed by atoms with Crippen molar-refractivity contribution in [2.24, 2.45) is 5.92 Å². The number of hydrogen-bond donors (Lipinski definition) is 0. The Balaban J connectivity index is 2.12. The maximum Gasteiger partial charge on any atom is 0.253 e. The Morgan fingerprint density at radius 2 is 2.16 bits per heavy atom. The molecule has 0 aliphatic carbocycles. The summed E-state index contributed by atoms with van der Waals surface area (Å²) < 4.78 is 11.3. The van der Waals surface area contributed by atoms with Gasteiger partial charge in [-0.15, -0.1) is 0 Å². The van der Waals surface area contributed by atoms with Crippen LogP contribution >= 0.6 is 0 Å². The van der Waals surface area contributed by atoms with Gasteiger partial charge in [0.1, 0.15) is 6.61 Å². The SMILES string of the molecule is C=CCOc1ccc(C(=O)N(CC)CC2CCN(C)C2)cc1OCC. The highest BCUT2D eigenvalue weighted by atomic mass is 16.5. The van der Waals surface area contributed by atoms with Crippen LogP contribution < -0.4 is 9.47 Å². The molecule has 1 aromatic rings. The third kappa shape index (κ3) is 5.23. The van der Waals surface area contributed by atoms with Crippen molar-refractivity contribution in [3.8, 4) is 11.5 Å². The van der Waals surface area contributed by atoms with E-state index in [0.29, 0.717) is 42.7 Å². The Morgan fingerprint density at radius 3 is 2.76 bits per heavy atom. The number of benzene rings is 1. The Labute approximate surface area is 151 Å². The van der Waals surface area contributed by atoms with E-state index < -0.39 is 0 Å². The van der Waals surface area contributed by atoms with Crippen molar-refractivity contribution in [3.05, 3.63) is 36.4 Å². The molecule has 138 valence electrons. The summed E-state index contributed by atoms with van der Waals surface area (Å²) in [6.07, 6.45) is 2.84. The van der Waals surface area contributed by atoms with Crippen molar-refractivity contribution < 1.29 is 14.3 Å². The predicted octanol–water partition coefficient (Wildman–Crippen LogP) is 3.06. The van der Waals surface area contributed by atoms with E-state index in [1.165, 1.54) is 0 Å². The maximum absolute atomic E-state index is 12.9. The van der Waals surface area contributed by atoms with Crippen molar-refractivity contribution in [3.63, 3.8) is 0 Å². The molecular formula is C20H30N2O3. The average Bonchev–Trinajstić information content (AvgIpc) is 3.03. The molecular weight excluding hydrogens is 316 g/mol. The summed E-state index contributed by atoms with van der Waals surface area (Å²) >= 11 is 0. The fraction of sp³-hybridized carbons (Fsp3) is 0.550. The average molecular weight is 346 g/mol. The molecule has 1 amide bonds. The van der Waals surface area contributed by atoms with E-state index in [0.717, 1.165) is 26.1 Å². The molecule has 1 aliphatic rings. The lowest BCUT2D eigenvalue weighted by Crippen LogP contribution is -2.36. The number of nitrogens with zero attached hydrogens (tertiary/aromatic N) is 2. The summed E-state index contributed by atoms with van der Waals surface area (Å²) in [5.41, 5.74) is 0.641. The van der Waals surface area contributed by atoms with E-state index >= 15 is 0 Å². The fourth-order valence-electron chi connectivity index (χ4n) is 3.20. The smallest absolute Gasteiger partial charge is 0.253 e. The number of rotatable bonds is 9. The zero-order chi connectivity index (χ0) is 18.2. The van der Waals surface area contributed by atoms with Crippen LogP contribution in [0.2, 0.25) is 0 Å². The van der Waals surface area contributed by atoms with Gasteiger partial charge in [-0.25, -0.2) is 0 Å². The number of hydrogen-bond acceptors (Lipinski definition) is 4. The van der Waals surface area contributed by atoms with Gasteiger partial charge in [0.2, 0.25) is 0 Å². The molecule has 0 saturated carbocycles. The van der Waals surface area contributed by atoms with Crippen molar-refractivity contribution in [2.45, 2.75) is 20.3 Å². The van der Waals surface area contributed by atoms with Crippen LogP contribution in [0.1, 0.15) is 30.6 Å². The first-order valence-electron chi connectivity index (χ1n) is 9.07. The van der Waals surface area contributed by atoms with E-state index in [1.807, 2.05) is 24.8 Å². The fourth-order valence-corrected chi connectivity index (χ4v) is 3.20. The summed E-state index contributed by atoms with van der Waals surface area (Å²) in [6.45, 7) is 12.2. The number of amides is 1. The van der Waals surface area contributed by atoms with Crippen LogP contribution in [0.15, 0.2) is 30.9 Å². The lowest BCUT2D eigenvalue weighted by atomic mass is 10.1. The molecule has 0 radical (unpaired) electrons. The van der Waals surface area contributed by atoms with Gasteiger partial charge in [-0.05, 0) is 58.0 Å². The van der Waals surface area contributed by atoms with Crippen LogP contribution in [0.5, 0.6) is 11.5 Å². The largest absolute Gasteiger partial charge is 0.490 e. The Bertz CT molecular complexity index is 588. The van der Waals surface area contributed by atoms with Gasteiger partial charge in [-0.1, -0.05) is 12.7 Å². The number of ether oxygens (including phenoxy) is 2. The summed E-state index contributed by atoms with van der Waals surface area (Å²) in [5.74, 6) is 1.84. The molecule has 1 heterocycles. The highest BCUT2D eigenvalue weighted by Gasteiger charge is 2.24. The second-order valence-corrected chi connectivity index (χ2v) is 6.45. The molecule has 0 spiro atoms. The molecule has 1 saturated heterocycles. The van der Waals surface area contributed by atoms with Gasteiger partial charge in [0.25, 0.3) is 5.91 Å². The van der Waals surface area contributed by atoms with Crippen LogP contribution in [-0.4, -0.2) is 62.1 Å². The van der Waals surface area contributed by atoms with Gasteiger partial charge in [0.15, 0.2) is 11.5 Å². The van der Waals surface area contributed by atoms with Crippen LogP contribution in [0, 0.1) is 5.92 Å². The van der Waals surface area contributed by atoms with Crippen LogP contribution in [0.3, 0.4) is 0 Å². The highest BCUT2D eigenvalue weighted by molar-refractivity contribution is 5.95. The molecule has 1 aliphatic heterocycles. The van der Waals surface area contributed by atoms with Gasteiger partial charge in [0.05, 0.1) is 6.61 Å². The molecule has 25 heavy (non-hydrogen) atoms. The minimum absolute atomic E-state index is 0.0493. The molecule has 1 aromatic carbocycles. The zero-order valence-electron chi connectivity index (χ0n) is 15.7. The first-order chi connectivity index (χ1) is 12.1. The van der Waals surface area contributed by atoms with E-state index in [-0.39, 0.29) is 5.91 Å². The van der Waals surface area contributed by atoms with Crippen molar-refractivity contribution >= 4 is 5.91 Å². The molecule has 1 fully saturated rings. The lowest BCUT2D eigenvalue weighted by Gasteiger charge is -2.25. The monoisotopic (exact) mass is 346 g/mol. The Morgan fingerprint density at radius 1 is 1.36 bits per heavy atom. The summed E-state index contributed by atoms with van der Waals surface area (Å²) in [6, 6.07) is 5.40. The van der Waals surface area contributed by atoms with Crippen molar-refractivity contribution in [2.75, 3.05) is 46.4 Å². The summed E-state index contributed by atoms with van der Waals surface area (Å²) in [4.78, 5) is 17.2. The number of carbonyl (C=O) groups is 1. The summed E-state index contributed by atoms with van der Waals surface area (Å²) in [5, 5.41) is 0. The number of likely N-dealkylation sites (tertiary alicyclic amines) is 1. The zero-order valence-corrected chi connectivity index (χ0v) is 15.7. The van der Waals surface area contributed by atoms with Crippen LogP contribution in [-0.2, 0) is 0 Å². The minimum atomic E-state index is 0.0493. The maximum atomic E-state index is 12.9. The lowest BCUT2D eigenvalue weighted by molar-refractivity contribution is 0.0739. The van der Waals surface area contributed by atoms with Crippen molar-refractivity contribution in [1.82, 2.24) is 9.80 Å². The van der Waals surface area contributed by atoms with Crippen molar-refractivity contribution in [1.29, 1.82) is 0 Å². The Hall–Kier alpha value is -2.01. The first-order valence-corrected chi connectivity index (χ1v) is 9.07. The predicted molar refractivity (Wildman–Crippen MR) is 100 cm³/mol. The molecule has 2 rings (SSSR count). The third-order valence-corrected chi connectivity index (χ3v) is 4.48. The van der Waals surface area contributed by atoms with Crippen LogP contribution in [0.4, 0.5) is 0 Å². The second-order valence-electron chi connectivity index (χ2n) is 6.45. The normalized spacial score (nSPS) is 17.3. The molecule has 0 aromatic heterocycles. The summed E-state index contributed by atoms with van der Waals surface area (Å²) in [7, 11) is 2.13. The molecule has 1 unspecified atom stereocenters. The molecule has 1 atom stereocenters. The highest BCUT2D eigenvalue weighted by Crippen LogP contribution is 2.29. The topological polar surface area (TPSA) is 42.0 Å². The van der Waals surface area contributed by atoms with Gasteiger partial charge in [0, 0.05) is 25.2 Å². The van der Waals surface area contributed by atoms with Crippen LogP contribution in [0.25, 0.3) is 0 Å². The van der Waals surface area contributed by atoms with Gasteiger partial charge >= 0.3 is 0 Å². The van der Waals surface area contributed by atoms with E-state index in [2.05, 4.69) is 18.5 Å². The number of carbonyl (C=O) groups excluding carboxylic acids is 1. The standard InChI is InChI=1S/C20H30N2O3/c1-5-12-25-18-9-8-17(13-19(18)24-7-3)20(23)22(6-2)15-16-10-11-21(4)14-16/h5,8-9,13,16H,1,6-7,10-12,14-15H2,2-4H3. The Kier molecular flexibility index (Phi) is 7.31. The first kappa shape index (κ1) is 19.3. The van der Waals surface area contributed by atoms with Gasteiger partial charge in [-0.3, -0.25) is 4.79 Å². The van der Waals surface area contributed by atoms with Gasteiger partial charge < -0.3 is 19.3 Å². The molecule has 0 N–H and O–H groups in total. The third-order valence-electron chi connectivity index (χ3n) is 4.48. The van der Waals surface area contributed by atoms with E-state index in [4.69, 9.17) is 9.47 Å². The quantitative estimate of drug-likeness (QED) is 0.645. The molecule has 5 heteroatoms. The van der Waals surface area contributed by atoms with E-state index in [1.54, 1.807) is 18.2 Å². The molecule has 5 nitrogen and oxygen atoms in total.